The van der Waals surface area contributed by atoms with Crippen molar-refractivity contribution in [1.82, 2.24) is 15.0 Å². The number of hydrogen-bond acceptors (Lipinski definition) is 4. The van der Waals surface area contributed by atoms with Gasteiger partial charge in [0.2, 0.25) is 0 Å². The minimum atomic E-state index is -0.119. The summed E-state index contributed by atoms with van der Waals surface area (Å²) in [6.45, 7) is 5.23. The molecule has 0 saturated heterocycles. The summed E-state index contributed by atoms with van der Waals surface area (Å²) >= 11 is 0. The van der Waals surface area contributed by atoms with Crippen molar-refractivity contribution in [2.24, 2.45) is 5.92 Å². The lowest BCUT2D eigenvalue weighted by Gasteiger charge is -2.11. The molecular formula is C14H19N3O2. The van der Waals surface area contributed by atoms with Crippen LogP contribution >= 0.6 is 0 Å². The van der Waals surface area contributed by atoms with Crippen molar-refractivity contribution in [3.63, 3.8) is 0 Å². The summed E-state index contributed by atoms with van der Waals surface area (Å²) < 4.78 is 7.51. The molecule has 19 heavy (non-hydrogen) atoms. The Balaban J connectivity index is 2.11. The second-order valence-corrected chi connectivity index (χ2v) is 4.82. The highest BCUT2D eigenvalue weighted by Crippen LogP contribution is 2.14. The Bertz CT molecular complexity index is 509. The van der Waals surface area contributed by atoms with Crippen LogP contribution in [-0.2, 0) is 19.8 Å². The van der Waals surface area contributed by atoms with Gasteiger partial charge in [-0.1, -0.05) is 37.3 Å². The van der Waals surface area contributed by atoms with Crippen LogP contribution < -0.4 is 4.74 Å². The van der Waals surface area contributed by atoms with Crippen molar-refractivity contribution in [2.75, 3.05) is 0 Å². The fourth-order valence-corrected chi connectivity index (χ4v) is 1.81. The number of nitrogens with zero attached hydrogens (tertiary/aromatic N) is 3. The predicted octanol–water partition coefficient (Wildman–Crippen LogP) is 2.01. The van der Waals surface area contributed by atoms with E-state index in [1.54, 1.807) is 4.68 Å². The average Bonchev–Trinajstić information content (AvgIpc) is 2.79. The summed E-state index contributed by atoms with van der Waals surface area (Å²) in [5.74, 6) is 1.26. The van der Waals surface area contributed by atoms with Crippen LogP contribution in [0.5, 0.6) is 5.75 Å². The molecule has 1 aromatic heterocycles. The lowest BCUT2D eigenvalue weighted by atomic mass is 10.2. The van der Waals surface area contributed by atoms with E-state index in [0.717, 1.165) is 18.0 Å². The third-order valence-electron chi connectivity index (χ3n) is 2.72. The largest absolute Gasteiger partial charge is 0.487 e. The zero-order valence-electron chi connectivity index (χ0n) is 11.3. The normalized spacial score (nSPS) is 10.9. The molecule has 0 aliphatic carbocycles. The van der Waals surface area contributed by atoms with Crippen molar-refractivity contribution in [3.05, 3.63) is 41.7 Å². The third kappa shape index (κ3) is 3.54. The molecule has 0 amide bonds. The zero-order valence-corrected chi connectivity index (χ0v) is 11.3. The van der Waals surface area contributed by atoms with Gasteiger partial charge in [0.25, 0.3) is 0 Å². The van der Waals surface area contributed by atoms with E-state index in [-0.39, 0.29) is 6.61 Å². The third-order valence-corrected chi connectivity index (χ3v) is 2.72. The number of aliphatic hydroxyl groups is 1. The highest BCUT2D eigenvalue weighted by Gasteiger charge is 2.13. The Labute approximate surface area is 112 Å². The van der Waals surface area contributed by atoms with Crippen LogP contribution in [0.25, 0.3) is 0 Å². The molecule has 0 spiro atoms. The van der Waals surface area contributed by atoms with Crippen molar-refractivity contribution in [2.45, 2.75) is 33.6 Å². The van der Waals surface area contributed by atoms with Gasteiger partial charge in [0.15, 0.2) is 0 Å². The van der Waals surface area contributed by atoms with Gasteiger partial charge in [0.05, 0.1) is 6.61 Å². The van der Waals surface area contributed by atoms with Gasteiger partial charge >= 0.3 is 0 Å². The molecule has 0 radical (unpaired) electrons. The first kappa shape index (κ1) is 13.5. The molecule has 1 heterocycles. The Kier molecular flexibility index (Phi) is 4.52. The Morgan fingerprint density at radius 2 is 2.00 bits per heavy atom. The number of aromatic nitrogens is 3. The van der Waals surface area contributed by atoms with Gasteiger partial charge in [-0.25, -0.2) is 4.68 Å². The van der Waals surface area contributed by atoms with Crippen molar-refractivity contribution in [1.29, 1.82) is 0 Å². The van der Waals surface area contributed by atoms with Crippen molar-refractivity contribution >= 4 is 0 Å². The second kappa shape index (κ2) is 6.33. The van der Waals surface area contributed by atoms with E-state index in [2.05, 4.69) is 24.2 Å². The summed E-state index contributed by atoms with van der Waals surface area (Å²) in [7, 11) is 0. The first-order chi connectivity index (χ1) is 9.20. The van der Waals surface area contributed by atoms with Crippen LogP contribution in [0.4, 0.5) is 0 Å². The molecule has 2 rings (SSSR count). The van der Waals surface area contributed by atoms with Crippen LogP contribution in [0.15, 0.2) is 30.3 Å². The van der Waals surface area contributed by atoms with E-state index in [1.807, 2.05) is 30.3 Å². The number of benzene rings is 1. The number of ether oxygens (including phenoxy) is 1. The molecule has 5 heteroatoms. The van der Waals surface area contributed by atoms with Crippen LogP contribution in [0.2, 0.25) is 0 Å². The van der Waals surface area contributed by atoms with E-state index in [1.165, 1.54) is 0 Å². The monoisotopic (exact) mass is 261 g/mol. The Morgan fingerprint density at radius 3 is 2.63 bits per heavy atom. The molecule has 0 unspecified atom stereocenters. The molecule has 5 nitrogen and oxygen atoms in total. The summed E-state index contributed by atoms with van der Waals surface area (Å²) in [6.07, 6.45) is 0. The molecule has 0 bridgehead atoms. The van der Waals surface area contributed by atoms with E-state index in [4.69, 9.17) is 4.74 Å². The van der Waals surface area contributed by atoms with Crippen LogP contribution in [0.3, 0.4) is 0 Å². The van der Waals surface area contributed by atoms with Gasteiger partial charge in [0, 0.05) is 6.54 Å². The first-order valence-electron chi connectivity index (χ1n) is 6.40. The van der Waals surface area contributed by atoms with Crippen molar-refractivity contribution in [3.8, 4) is 5.75 Å². The minimum Gasteiger partial charge on any atom is -0.487 e. The van der Waals surface area contributed by atoms with Gasteiger partial charge in [0.1, 0.15) is 23.7 Å². The molecular weight excluding hydrogens is 242 g/mol. The van der Waals surface area contributed by atoms with Crippen LogP contribution in [0, 0.1) is 5.92 Å². The predicted molar refractivity (Wildman–Crippen MR) is 71.6 cm³/mol. The van der Waals surface area contributed by atoms with E-state index < -0.39 is 0 Å². The maximum Gasteiger partial charge on any atom is 0.132 e. The van der Waals surface area contributed by atoms with E-state index in [0.29, 0.717) is 18.2 Å². The van der Waals surface area contributed by atoms with Gasteiger partial charge in [-0.05, 0) is 18.1 Å². The number of para-hydroxylation sites is 1. The van der Waals surface area contributed by atoms with Gasteiger partial charge in [-0.15, -0.1) is 5.10 Å². The van der Waals surface area contributed by atoms with Gasteiger partial charge in [-0.3, -0.25) is 0 Å². The van der Waals surface area contributed by atoms with Crippen LogP contribution in [-0.4, -0.2) is 20.1 Å². The van der Waals surface area contributed by atoms with E-state index in [9.17, 15) is 5.11 Å². The maximum atomic E-state index is 9.29. The molecule has 0 aliphatic heterocycles. The number of hydrogen-bond donors (Lipinski definition) is 1. The standard InChI is InChI=1S/C14H19N3O2/c1-11(2)8-17-14(13(9-18)15-16-17)10-19-12-6-4-3-5-7-12/h3-7,11,18H,8-10H2,1-2H3. The summed E-state index contributed by atoms with van der Waals surface area (Å²) in [5, 5.41) is 17.3. The smallest absolute Gasteiger partial charge is 0.132 e. The van der Waals surface area contributed by atoms with Crippen LogP contribution in [0.1, 0.15) is 25.2 Å². The number of aliphatic hydroxyl groups excluding tert-OH is 1. The van der Waals surface area contributed by atoms with Crippen molar-refractivity contribution < 1.29 is 9.84 Å². The van der Waals surface area contributed by atoms with Gasteiger partial charge < -0.3 is 9.84 Å². The molecule has 0 atom stereocenters. The average molecular weight is 261 g/mol. The summed E-state index contributed by atoms with van der Waals surface area (Å²) in [5.41, 5.74) is 1.41. The highest BCUT2D eigenvalue weighted by molar-refractivity contribution is 5.21. The fraction of sp³-hybridized carbons (Fsp3) is 0.429. The quantitative estimate of drug-likeness (QED) is 0.864. The Hall–Kier alpha value is -1.88. The fourth-order valence-electron chi connectivity index (χ4n) is 1.81. The lowest BCUT2D eigenvalue weighted by Crippen LogP contribution is -2.12. The Morgan fingerprint density at radius 1 is 1.26 bits per heavy atom. The molecule has 1 N–H and O–H groups in total. The SMILES string of the molecule is CC(C)Cn1nnc(CO)c1COc1ccccc1. The highest BCUT2D eigenvalue weighted by atomic mass is 16.5. The lowest BCUT2D eigenvalue weighted by molar-refractivity contribution is 0.260. The first-order valence-corrected chi connectivity index (χ1v) is 6.40. The molecule has 0 fully saturated rings. The summed E-state index contributed by atoms with van der Waals surface area (Å²) in [6, 6.07) is 9.58. The molecule has 102 valence electrons. The minimum absolute atomic E-state index is 0.119. The second-order valence-electron chi connectivity index (χ2n) is 4.82. The summed E-state index contributed by atoms with van der Waals surface area (Å²) in [4.78, 5) is 0. The molecule has 0 saturated carbocycles. The van der Waals surface area contributed by atoms with Gasteiger partial charge in [-0.2, -0.15) is 0 Å². The molecule has 2 aromatic rings. The topological polar surface area (TPSA) is 60.2 Å². The molecule has 1 aromatic carbocycles. The number of rotatable bonds is 6. The van der Waals surface area contributed by atoms with E-state index >= 15 is 0 Å². The molecule has 0 aliphatic rings. The zero-order chi connectivity index (χ0) is 13.7. The maximum absolute atomic E-state index is 9.29.